The maximum absolute atomic E-state index is 11.4. The van der Waals surface area contributed by atoms with Crippen molar-refractivity contribution in [1.29, 1.82) is 0 Å². The summed E-state index contributed by atoms with van der Waals surface area (Å²) in [5, 5.41) is 6.25. The second-order valence-corrected chi connectivity index (χ2v) is 5.06. The zero-order chi connectivity index (χ0) is 12.4. The highest BCUT2D eigenvalue weighted by Gasteiger charge is 2.09. The number of thiazole rings is 1. The van der Waals surface area contributed by atoms with Crippen molar-refractivity contribution in [2.45, 2.75) is 13.8 Å². The number of aromatic nitrogens is 1. The molecular formula is C12H15N3OS. The highest BCUT2D eigenvalue weighted by molar-refractivity contribution is 7.22. The Morgan fingerprint density at radius 1 is 1.41 bits per heavy atom. The Morgan fingerprint density at radius 2 is 2.18 bits per heavy atom. The predicted molar refractivity (Wildman–Crippen MR) is 71.7 cm³/mol. The molecule has 90 valence electrons. The standard InChI is InChI=1S/C12H15N3OS/c1-7-4-8(2)11-9(5-7)17-12(15-11)14-10(16)6-13-3/h4-5,13H,6H2,1-3H3,(H,14,15,16). The molecule has 0 saturated carbocycles. The van der Waals surface area contributed by atoms with Gasteiger partial charge in [-0.1, -0.05) is 17.4 Å². The molecule has 0 aliphatic carbocycles. The van der Waals surface area contributed by atoms with Gasteiger partial charge in [0.15, 0.2) is 5.13 Å². The van der Waals surface area contributed by atoms with Gasteiger partial charge in [-0.25, -0.2) is 4.98 Å². The Kier molecular flexibility index (Phi) is 3.40. The van der Waals surface area contributed by atoms with Gasteiger partial charge in [0.2, 0.25) is 5.91 Å². The van der Waals surface area contributed by atoms with E-state index in [-0.39, 0.29) is 5.91 Å². The molecular weight excluding hydrogens is 234 g/mol. The molecule has 17 heavy (non-hydrogen) atoms. The molecule has 1 amide bonds. The van der Waals surface area contributed by atoms with Gasteiger partial charge in [-0.2, -0.15) is 0 Å². The fourth-order valence-electron chi connectivity index (χ4n) is 1.75. The molecule has 0 spiro atoms. The minimum atomic E-state index is -0.0686. The molecule has 2 aromatic rings. The van der Waals surface area contributed by atoms with Crippen LogP contribution in [0, 0.1) is 13.8 Å². The van der Waals surface area contributed by atoms with E-state index in [1.807, 2.05) is 6.92 Å². The number of fused-ring (bicyclic) bond motifs is 1. The summed E-state index contributed by atoms with van der Waals surface area (Å²) in [6, 6.07) is 4.19. The molecule has 5 heteroatoms. The Labute approximate surface area is 104 Å². The van der Waals surface area contributed by atoms with E-state index in [0.717, 1.165) is 15.8 Å². The second kappa shape index (κ2) is 4.81. The van der Waals surface area contributed by atoms with Gasteiger partial charge in [0.1, 0.15) is 0 Å². The van der Waals surface area contributed by atoms with Crippen molar-refractivity contribution >= 4 is 32.6 Å². The summed E-state index contributed by atoms with van der Waals surface area (Å²) in [5.74, 6) is -0.0686. The molecule has 1 aromatic heterocycles. The van der Waals surface area contributed by atoms with Crippen LogP contribution in [-0.4, -0.2) is 24.5 Å². The van der Waals surface area contributed by atoms with Crippen molar-refractivity contribution in [2.24, 2.45) is 0 Å². The van der Waals surface area contributed by atoms with Crippen LogP contribution >= 0.6 is 11.3 Å². The first-order chi connectivity index (χ1) is 8.10. The lowest BCUT2D eigenvalue weighted by Gasteiger charge is -1.98. The van der Waals surface area contributed by atoms with Crippen molar-refractivity contribution < 1.29 is 4.79 Å². The van der Waals surface area contributed by atoms with E-state index in [0.29, 0.717) is 11.7 Å². The number of carbonyl (C=O) groups excluding carboxylic acids is 1. The van der Waals surface area contributed by atoms with Gasteiger partial charge >= 0.3 is 0 Å². The van der Waals surface area contributed by atoms with E-state index >= 15 is 0 Å². The number of likely N-dealkylation sites (N-methyl/N-ethyl adjacent to an activating group) is 1. The number of amides is 1. The van der Waals surface area contributed by atoms with Gasteiger partial charge in [0.05, 0.1) is 16.8 Å². The van der Waals surface area contributed by atoms with E-state index in [1.165, 1.54) is 16.9 Å². The van der Waals surface area contributed by atoms with Crippen LogP contribution in [0.5, 0.6) is 0 Å². The van der Waals surface area contributed by atoms with Crippen LogP contribution in [0.2, 0.25) is 0 Å². The molecule has 0 unspecified atom stereocenters. The Hall–Kier alpha value is -1.46. The highest BCUT2D eigenvalue weighted by Crippen LogP contribution is 2.29. The van der Waals surface area contributed by atoms with Gasteiger partial charge in [-0.3, -0.25) is 4.79 Å². The molecule has 0 aliphatic heterocycles. The number of nitrogens with one attached hydrogen (secondary N) is 2. The Morgan fingerprint density at radius 3 is 2.88 bits per heavy atom. The molecule has 4 nitrogen and oxygen atoms in total. The quantitative estimate of drug-likeness (QED) is 0.875. The number of aryl methyl sites for hydroxylation is 2. The first kappa shape index (κ1) is 12.0. The minimum Gasteiger partial charge on any atom is -0.311 e. The van der Waals surface area contributed by atoms with Crippen LogP contribution in [0.25, 0.3) is 10.2 Å². The third-order valence-electron chi connectivity index (χ3n) is 2.41. The van der Waals surface area contributed by atoms with Crippen molar-refractivity contribution in [3.05, 3.63) is 23.3 Å². The van der Waals surface area contributed by atoms with E-state index in [9.17, 15) is 4.79 Å². The number of anilines is 1. The van der Waals surface area contributed by atoms with E-state index in [4.69, 9.17) is 0 Å². The van der Waals surface area contributed by atoms with E-state index < -0.39 is 0 Å². The fourth-order valence-corrected chi connectivity index (χ4v) is 2.81. The smallest absolute Gasteiger partial charge is 0.240 e. The monoisotopic (exact) mass is 249 g/mol. The first-order valence-corrected chi connectivity index (χ1v) is 6.24. The normalized spacial score (nSPS) is 10.8. The summed E-state index contributed by atoms with van der Waals surface area (Å²) >= 11 is 1.51. The highest BCUT2D eigenvalue weighted by atomic mass is 32.1. The predicted octanol–water partition coefficient (Wildman–Crippen LogP) is 2.07. The maximum atomic E-state index is 11.4. The van der Waals surface area contributed by atoms with E-state index in [1.54, 1.807) is 7.05 Å². The van der Waals surface area contributed by atoms with Crippen LogP contribution in [0.1, 0.15) is 11.1 Å². The SMILES string of the molecule is CNCC(=O)Nc1nc2c(C)cc(C)cc2s1. The maximum Gasteiger partial charge on any atom is 0.240 e. The van der Waals surface area contributed by atoms with Gasteiger partial charge in [-0.05, 0) is 38.1 Å². The lowest BCUT2D eigenvalue weighted by atomic mass is 10.1. The zero-order valence-corrected chi connectivity index (χ0v) is 10.9. The summed E-state index contributed by atoms with van der Waals surface area (Å²) in [6.07, 6.45) is 0. The number of hydrogen-bond acceptors (Lipinski definition) is 4. The lowest BCUT2D eigenvalue weighted by Crippen LogP contribution is -2.24. The molecule has 0 aliphatic rings. The first-order valence-electron chi connectivity index (χ1n) is 5.42. The Balaban J connectivity index is 2.32. The fraction of sp³-hybridized carbons (Fsp3) is 0.333. The van der Waals surface area contributed by atoms with Crippen molar-refractivity contribution in [1.82, 2.24) is 10.3 Å². The average Bonchev–Trinajstić information content (AvgIpc) is 2.60. The minimum absolute atomic E-state index is 0.0686. The number of carbonyl (C=O) groups is 1. The van der Waals surface area contributed by atoms with Crippen LogP contribution in [-0.2, 0) is 4.79 Å². The summed E-state index contributed by atoms with van der Waals surface area (Å²) < 4.78 is 1.11. The largest absolute Gasteiger partial charge is 0.311 e. The average molecular weight is 249 g/mol. The van der Waals surface area contributed by atoms with Crippen molar-refractivity contribution in [3.63, 3.8) is 0 Å². The molecule has 0 radical (unpaired) electrons. The van der Waals surface area contributed by atoms with Crippen molar-refractivity contribution in [3.8, 4) is 0 Å². The third kappa shape index (κ3) is 2.62. The van der Waals surface area contributed by atoms with Crippen LogP contribution < -0.4 is 10.6 Å². The lowest BCUT2D eigenvalue weighted by molar-refractivity contribution is -0.115. The third-order valence-corrected chi connectivity index (χ3v) is 3.33. The molecule has 2 N–H and O–H groups in total. The molecule has 0 bridgehead atoms. The molecule has 2 rings (SSSR count). The van der Waals surface area contributed by atoms with Crippen LogP contribution in [0.15, 0.2) is 12.1 Å². The topological polar surface area (TPSA) is 54.0 Å². The van der Waals surface area contributed by atoms with Gasteiger partial charge < -0.3 is 10.6 Å². The zero-order valence-electron chi connectivity index (χ0n) is 10.1. The van der Waals surface area contributed by atoms with Crippen molar-refractivity contribution in [2.75, 3.05) is 18.9 Å². The van der Waals surface area contributed by atoms with Gasteiger partial charge in [0, 0.05) is 0 Å². The number of benzene rings is 1. The van der Waals surface area contributed by atoms with Crippen LogP contribution in [0.3, 0.4) is 0 Å². The Bertz CT molecular complexity index is 562. The number of nitrogens with zero attached hydrogens (tertiary/aromatic N) is 1. The number of rotatable bonds is 3. The molecule has 0 saturated heterocycles. The van der Waals surface area contributed by atoms with Gasteiger partial charge in [-0.15, -0.1) is 0 Å². The molecule has 0 fully saturated rings. The van der Waals surface area contributed by atoms with E-state index in [2.05, 4.69) is 34.7 Å². The van der Waals surface area contributed by atoms with Crippen LogP contribution in [0.4, 0.5) is 5.13 Å². The number of hydrogen-bond donors (Lipinski definition) is 2. The summed E-state index contributed by atoms with van der Waals surface area (Å²) in [7, 11) is 1.74. The summed E-state index contributed by atoms with van der Waals surface area (Å²) in [4.78, 5) is 15.9. The second-order valence-electron chi connectivity index (χ2n) is 4.03. The summed E-state index contributed by atoms with van der Waals surface area (Å²) in [5.41, 5.74) is 3.33. The molecule has 1 heterocycles. The van der Waals surface area contributed by atoms with Gasteiger partial charge in [0.25, 0.3) is 0 Å². The molecule has 0 atom stereocenters. The molecule has 1 aromatic carbocycles. The summed E-state index contributed by atoms with van der Waals surface area (Å²) in [6.45, 7) is 4.40.